The van der Waals surface area contributed by atoms with Crippen LogP contribution < -0.4 is 10.6 Å². The number of nitrogens with zero attached hydrogens (tertiary/aromatic N) is 5. The summed E-state index contributed by atoms with van der Waals surface area (Å²) < 4.78 is 0. The number of anilines is 2. The highest BCUT2D eigenvalue weighted by atomic mass is 32.1. The molecule has 3 aromatic heterocycles. The van der Waals surface area contributed by atoms with Crippen LogP contribution in [0.3, 0.4) is 0 Å². The van der Waals surface area contributed by atoms with Crippen molar-refractivity contribution >= 4 is 22.7 Å². The molecule has 1 unspecified atom stereocenters. The Kier molecular flexibility index (Phi) is 4.94. The molecule has 3 aromatic rings. The van der Waals surface area contributed by atoms with Gasteiger partial charge in [-0.2, -0.15) is 5.26 Å². The van der Waals surface area contributed by atoms with Crippen LogP contribution in [0.25, 0.3) is 22.0 Å². The molecule has 1 aliphatic heterocycles. The maximum atomic E-state index is 10.3. The van der Waals surface area contributed by atoms with Crippen molar-refractivity contribution in [3.63, 3.8) is 0 Å². The molecule has 0 spiro atoms. The lowest BCUT2D eigenvalue weighted by atomic mass is 9.90. The number of hydrogen-bond donors (Lipinski definition) is 2. The smallest absolute Gasteiger partial charge is 0.141 e. The number of pyridine rings is 2. The van der Waals surface area contributed by atoms with E-state index in [9.17, 15) is 10.4 Å². The predicted octanol–water partition coefficient (Wildman–Crippen LogP) is 3.32. The maximum absolute atomic E-state index is 10.3. The lowest BCUT2D eigenvalue weighted by Crippen LogP contribution is -2.33. The number of nitriles is 1. The van der Waals surface area contributed by atoms with Crippen molar-refractivity contribution in [1.82, 2.24) is 15.0 Å². The van der Waals surface area contributed by atoms with E-state index in [2.05, 4.69) is 25.9 Å². The van der Waals surface area contributed by atoms with Gasteiger partial charge in [0.25, 0.3) is 0 Å². The van der Waals surface area contributed by atoms with Crippen LogP contribution in [0.1, 0.15) is 25.8 Å². The predicted molar refractivity (Wildman–Crippen MR) is 114 cm³/mol. The lowest BCUT2D eigenvalue weighted by Gasteiger charge is -2.26. The summed E-state index contributed by atoms with van der Waals surface area (Å²) in [7, 11) is 0. The number of nitrogen functional groups attached to an aromatic ring is 1. The fraction of sp³-hybridized carbons (Fsp3) is 0.333. The zero-order valence-corrected chi connectivity index (χ0v) is 17.1. The first-order valence-corrected chi connectivity index (χ1v) is 10.3. The molecule has 0 saturated carbocycles. The average Bonchev–Trinajstić information content (AvgIpc) is 3.39. The molecule has 29 heavy (non-hydrogen) atoms. The Hall–Kier alpha value is -3.02. The fourth-order valence-electron chi connectivity index (χ4n) is 3.65. The molecule has 1 saturated heterocycles. The molecule has 8 heteroatoms. The van der Waals surface area contributed by atoms with Crippen LogP contribution in [0.4, 0.5) is 11.4 Å². The number of hydrogen-bond acceptors (Lipinski definition) is 8. The topological polar surface area (TPSA) is 112 Å². The monoisotopic (exact) mass is 406 g/mol. The van der Waals surface area contributed by atoms with Gasteiger partial charge in [-0.3, -0.25) is 4.98 Å². The van der Waals surface area contributed by atoms with Gasteiger partial charge in [-0.25, -0.2) is 9.97 Å². The highest BCUT2D eigenvalue weighted by Crippen LogP contribution is 2.34. The van der Waals surface area contributed by atoms with Gasteiger partial charge in [0.2, 0.25) is 0 Å². The van der Waals surface area contributed by atoms with Crippen LogP contribution in [0.5, 0.6) is 0 Å². The van der Waals surface area contributed by atoms with E-state index in [1.54, 1.807) is 24.7 Å². The Morgan fingerprint density at radius 3 is 2.83 bits per heavy atom. The number of thiazole rings is 1. The van der Waals surface area contributed by atoms with E-state index >= 15 is 0 Å². The molecule has 0 bridgehead atoms. The highest BCUT2D eigenvalue weighted by Gasteiger charge is 2.33. The largest absolute Gasteiger partial charge is 0.398 e. The Balaban J connectivity index is 1.73. The summed E-state index contributed by atoms with van der Waals surface area (Å²) in [6.07, 6.45) is 6.13. The van der Waals surface area contributed by atoms with Gasteiger partial charge in [0.05, 0.1) is 28.9 Å². The molecule has 4 rings (SSSR count). The van der Waals surface area contributed by atoms with E-state index in [-0.39, 0.29) is 5.92 Å². The number of aliphatic hydroxyl groups is 1. The first-order chi connectivity index (χ1) is 13.9. The second-order valence-corrected chi connectivity index (χ2v) is 8.68. The summed E-state index contributed by atoms with van der Waals surface area (Å²) in [6, 6.07) is 5.84. The van der Waals surface area contributed by atoms with Crippen molar-refractivity contribution in [2.45, 2.75) is 25.9 Å². The van der Waals surface area contributed by atoms with Crippen LogP contribution in [0.2, 0.25) is 0 Å². The van der Waals surface area contributed by atoms with E-state index in [0.717, 1.165) is 35.8 Å². The van der Waals surface area contributed by atoms with E-state index in [1.165, 1.54) is 11.3 Å². The Bertz CT molecular complexity index is 1070. The third-order valence-electron chi connectivity index (χ3n) is 5.36. The van der Waals surface area contributed by atoms with Gasteiger partial charge in [0.1, 0.15) is 22.3 Å². The molecule has 1 aliphatic rings. The highest BCUT2D eigenvalue weighted by molar-refractivity contribution is 7.13. The molecule has 1 fully saturated rings. The summed E-state index contributed by atoms with van der Waals surface area (Å²) in [5.41, 5.74) is 8.97. The molecule has 0 radical (unpaired) electrons. The van der Waals surface area contributed by atoms with E-state index < -0.39 is 5.60 Å². The van der Waals surface area contributed by atoms with Crippen LogP contribution >= 0.6 is 11.3 Å². The van der Waals surface area contributed by atoms with Gasteiger partial charge >= 0.3 is 0 Å². The Morgan fingerprint density at radius 2 is 2.17 bits per heavy atom. The molecule has 1 atom stereocenters. The lowest BCUT2D eigenvalue weighted by molar-refractivity contribution is 0.0263. The molecular weight excluding hydrogens is 384 g/mol. The first-order valence-electron chi connectivity index (χ1n) is 9.40. The minimum absolute atomic E-state index is 0.197. The summed E-state index contributed by atoms with van der Waals surface area (Å²) in [4.78, 5) is 15.6. The normalized spacial score (nSPS) is 16.8. The van der Waals surface area contributed by atoms with Crippen LogP contribution in [0, 0.1) is 17.2 Å². The molecule has 0 aromatic carbocycles. The van der Waals surface area contributed by atoms with Crippen LogP contribution in [0.15, 0.2) is 36.1 Å². The van der Waals surface area contributed by atoms with Gasteiger partial charge < -0.3 is 15.7 Å². The van der Waals surface area contributed by atoms with Gasteiger partial charge in [-0.05, 0) is 32.4 Å². The quantitative estimate of drug-likeness (QED) is 0.683. The third kappa shape index (κ3) is 3.79. The fourth-order valence-corrected chi connectivity index (χ4v) is 4.25. The minimum Gasteiger partial charge on any atom is -0.398 e. The second-order valence-electron chi connectivity index (χ2n) is 7.79. The molecular formula is C21H22N6OS. The van der Waals surface area contributed by atoms with Crippen molar-refractivity contribution in [3.05, 3.63) is 41.7 Å². The zero-order chi connectivity index (χ0) is 20.6. The van der Waals surface area contributed by atoms with E-state index in [4.69, 9.17) is 5.73 Å². The Morgan fingerprint density at radius 1 is 1.34 bits per heavy atom. The van der Waals surface area contributed by atoms with Crippen molar-refractivity contribution in [2.24, 2.45) is 5.92 Å². The molecule has 0 aliphatic carbocycles. The molecule has 0 amide bonds. The third-order valence-corrected chi connectivity index (χ3v) is 6.16. The minimum atomic E-state index is -0.716. The Labute approximate surface area is 173 Å². The van der Waals surface area contributed by atoms with E-state index in [0.29, 0.717) is 22.6 Å². The van der Waals surface area contributed by atoms with Crippen molar-refractivity contribution in [2.75, 3.05) is 23.7 Å². The summed E-state index contributed by atoms with van der Waals surface area (Å²) in [5, 5.41) is 22.6. The van der Waals surface area contributed by atoms with Crippen molar-refractivity contribution in [1.29, 1.82) is 5.26 Å². The van der Waals surface area contributed by atoms with Gasteiger partial charge in [0.15, 0.2) is 0 Å². The number of nitrogens with two attached hydrogens (primary N) is 1. The molecule has 4 heterocycles. The molecule has 7 nitrogen and oxygen atoms in total. The van der Waals surface area contributed by atoms with Crippen molar-refractivity contribution < 1.29 is 5.11 Å². The second kappa shape index (κ2) is 7.43. The van der Waals surface area contributed by atoms with Gasteiger partial charge in [0, 0.05) is 42.3 Å². The van der Waals surface area contributed by atoms with Crippen molar-refractivity contribution in [3.8, 4) is 28.0 Å². The van der Waals surface area contributed by atoms with Gasteiger partial charge in [-0.15, -0.1) is 11.3 Å². The molecule has 148 valence electrons. The SMILES string of the molecule is CC(C)(O)C1CCN(c2cncc(-c3nc(-c4nccs4)cc(N)c3C#N)c2)C1. The van der Waals surface area contributed by atoms with Crippen LogP contribution in [-0.2, 0) is 0 Å². The summed E-state index contributed by atoms with van der Waals surface area (Å²) >= 11 is 1.47. The maximum Gasteiger partial charge on any atom is 0.141 e. The molecule has 3 N–H and O–H groups in total. The number of aromatic nitrogens is 3. The number of rotatable bonds is 4. The average molecular weight is 407 g/mol. The summed E-state index contributed by atoms with van der Waals surface area (Å²) in [6.45, 7) is 5.31. The van der Waals surface area contributed by atoms with Crippen LogP contribution in [-0.4, -0.2) is 38.7 Å². The standard InChI is InChI=1S/C21H22N6OS/c1-21(2,28)14-3-5-27(12-14)15-7-13(10-24-11-15)19-16(9-22)17(23)8-18(26-19)20-25-4-6-29-20/h4,6-8,10-11,14,28H,3,5,12H2,1-2H3,(H2,23,26). The van der Waals surface area contributed by atoms with Gasteiger partial charge in [-0.1, -0.05) is 0 Å². The zero-order valence-electron chi connectivity index (χ0n) is 16.3. The first kappa shape index (κ1) is 19.3. The van der Waals surface area contributed by atoms with E-state index in [1.807, 2.05) is 25.3 Å². The summed E-state index contributed by atoms with van der Waals surface area (Å²) in [5.74, 6) is 0.197.